The third kappa shape index (κ3) is 4.19. The zero-order chi connectivity index (χ0) is 15.4. The molecule has 0 bridgehead atoms. The summed E-state index contributed by atoms with van der Waals surface area (Å²) >= 11 is 9.36. The Hall–Kier alpha value is -1.10. The molecule has 0 saturated heterocycles. The van der Waals surface area contributed by atoms with Crippen LogP contribution in [0.2, 0.25) is 5.02 Å². The van der Waals surface area contributed by atoms with Crippen LogP contribution in [0.4, 0.5) is 4.39 Å². The molecular formula is C16H16BrClFNO. The molecule has 0 amide bonds. The summed E-state index contributed by atoms with van der Waals surface area (Å²) in [6.45, 7) is 2.66. The fraction of sp³-hybridized carbons (Fsp3) is 0.250. The summed E-state index contributed by atoms with van der Waals surface area (Å²) in [5, 5.41) is 4.04. The zero-order valence-corrected chi connectivity index (χ0v) is 14.1. The average Bonchev–Trinajstić information content (AvgIpc) is 2.48. The minimum Gasteiger partial charge on any atom is -0.494 e. The Morgan fingerprint density at radius 2 is 2.05 bits per heavy atom. The van der Waals surface area contributed by atoms with Crippen molar-refractivity contribution in [3.8, 4) is 5.75 Å². The Balaban J connectivity index is 2.02. The van der Waals surface area contributed by atoms with Gasteiger partial charge in [0.2, 0.25) is 0 Å². The molecule has 112 valence electrons. The lowest BCUT2D eigenvalue weighted by molar-refractivity contribution is 0.385. The quantitative estimate of drug-likeness (QED) is 0.788. The van der Waals surface area contributed by atoms with Gasteiger partial charge in [0, 0.05) is 17.1 Å². The minimum absolute atomic E-state index is 0.0276. The lowest BCUT2D eigenvalue weighted by atomic mass is 10.1. The highest BCUT2D eigenvalue weighted by Gasteiger charge is 2.09. The Morgan fingerprint density at radius 3 is 2.67 bits per heavy atom. The Labute approximate surface area is 137 Å². The van der Waals surface area contributed by atoms with Gasteiger partial charge < -0.3 is 10.1 Å². The molecule has 0 radical (unpaired) electrons. The number of halogens is 3. The topological polar surface area (TPSA) is 21.3 Å². The van der Waals surface area contributed by atoms with Crippen molar-refractivity contribution >= 4 is 27.5 Å². The maximum Gasteiger partial charge on any atom is 0.165 e. The van der Waals surface area contributed by atoms with Gasteiger partial charge in [0.05, 0.1) is 12.1 Å². The SMILES string of the molecule is COc1ccc(C(C)NCc2ccc(Cl)c(Br)c2)cc1F. The van der Waals surface area contributed by atoms with Crippen LogP contribution in [-0.4, -0.2) is 7.11 Å². The molecule has 0 aliphatic rings. The number of hydrogen-bond acceptors (Lipinski definition) is 2. The summed E-state index contributed by atoms with van der Waals surface area (Å²) in [5.41, 5.74) is 1.98. The third-order valence-corrected chi connectivity index (χ3v) is 4.49. The molecule has 1 atom stereocenters. The third-order valence-electron chi connectivity index (χ3n) is 3.27. The van der Waals surface area contributed by atoms with E-state index in [1.165, 1.54) is 13.2 Å². The largest absolute Gasteiger partial charge is 0.494 e. The van der Waals surface area contributed by atoms with E-state index in [1.807, 2.05) is 31.2 Å². The number of hydrogen-bond donors (Lipinski definition) is 1. The van der Waals surface area contributed by atoms with Gasteiger partial charge in [-0.05, 0) is 58.2 Å². The predicted octanol–water partition coefficient (Wildman–Crippen LogP) is 5.10. The van der Waals surface area contributed by atoms with Gasteiger partial charge >= 0.3 is 0 Å². The van der Waals surface area contributed by atoms with E-state index in [0.717, 1.165) is 15.6 Å². The van der Waals surface area contributed by atoms with E-state index in [-0.39, 0.29) is 17.6 Å². The number of rotatable bonds is 5. The smallest absolute Gasteiger partial charge is 0.165 e. The second-order valence-electron chi connectivity index (χ2n) is 4.75. The number of methoxy groups -OCH3 is 1. The van der Waals surface area contributed by atoms with Crippen molar-refractivity contribution in [2.45, 2.75) is 19.5 Å². The van der Waals surface area contributed by atoms with Crippen molar-refractivity contribution in [2.75, 3.05) is 7.11 Å². The van der Waals surface area contributed by atoms with Gasteiger partial charge in [-0.3, -0.25) is 0 Å². The Bertz CT molecular complexity index is 636. The number of benzene rings is 2. The summed E-state index contributed by atoms with van der Waals surface area (Å²) in [6.07, 6.45) is 0. The summed E-state index contributed by atoms with van der Waals surface area (Å²) in [4.78, 5) is 0. The van der Waals surface area contributed by atoms with Crippen molar-refractivity contribution in [3.05, 3.63) is 62.8 Å². The van der Waals surface area contributed by atoms with Crippen LogP contribution in [0, 0.1) is 5.82 Å². The molecule has 0 aliphatic heterocycles. The van der Waals surface area contributed by atoms with Crippen LogP contribution in [0.15, 0.2) is 40.9 Å². The first-order chi connectivity index (χ1) is 10.0. The van der Waals surface area contributed by atoms with E-state index in [9.17, 15) is 4.39 Å². The first kappa shape index (κ1) is 16.3. The molecule has 2 rings (SSSR count). The van der Waals surface area contributed by atoms with Crippen LogP contribution in [0.1, 0.15) is 24.1 Å². The van der Waals surface area contributed by atoms with Crippen LogP contribution >= 0.6 is 27.5 Å². The summed E-state index contributed by atoms with van der Waals surface area (Å²) in [6, 6.07) is 10.8. The molecule has 0 aromatic heterocycles. The molecule has 1 N–H and O–H groups in total. The van der Waals surface area contributed by atoms with E-state index in [4.69, 9.17) is 16.3 Å². The Morgan fingerprint density at radius 1 is 1.29 bits per heavy atom. The van der Waals surface area contributed by atoms with Gasteiger partial charge in [0.1, 0.15) is 0 Å². The molecule has 5 heteroatoms. The summed E-state index contributed by atoms with van der Waals surface area (Å²) in [5.74, 6) is -0.0922. The van der Waals surface area contributed by atoms with E-state index >= 15 is 0 Å². The lowest BCUT2D eigenvalue weighted by Gasteiger charge is -2.15. The van der Waals surface area contributed by atoms with Gasteiger partial charge in [-0.1, -0.05) is 23.7 Å². The molecule has 21 heavy (non-hydrogen) atoms. The van der Waals surface area contributed by atoms with Crippen molar-refractivity contribution in [1.29, 1.82) is 0 Å². The first-order valence-corrected chi connectivity index (χ1v) is 7.69. The van der Waals surface area contributed by atoms with Crippen LogP contribution < -0.4 is 10.1 Å². The normalized spacial score (nSPS) is 12.2. The molecular weight excluding hydrogens is 357 g/mol. The molecule has 0 heterocycles. The molecule has 0 aliphatic carbocycles. The van der Waals surface area contributed by atoms with Gasteiger partial charge in [-0.2, -0.15) is 0 Å². The van der Waals surface area contributed by atoms with Gasteiger partial charge in [0.25, 0.3) is 0 Å². The van der Waals surface area contributed by atoms with Crippen LogP contribution in [-0.2, 0) is 6.54 Å². The molecule has 2 aromatic rings. The van der Waals surface area contributed by atoms with Crippen LogP contribution in [0.25, 0.3) is 0 Å². The Kier molecular flexibility index (Phi) is 5.62. The molecule has 2 nitrogen and oxygen atoms in total. The molecule has 1 unspecified atom stereocenters. The van der Waals surface area contributed by atoms with E-state index < -0.39 is 0 Å². The maximum absolute atomic E-state index is 13.7. The van der Waals surface area contributed by atoms with E-state index in [1.54, 1.807) is 6.07 Å². The van der Waals surface area contributed by atoms with Crippen molar-refractivity contribution < 1.29 is 9.13 Å². The lowest BCUT2D eigenvalue weighted by Crippen LogP contribution is -2.18. The maximum atomic E-state index is 13.7. The fourth-order valence-corrected chi connectivity index (χ4v) is 2.53. The second kappa shape index (κ2) is 7.25. The van der Waals surface area contributed by atoms with E-state index in [0.29, 0.717) is 11.6 Å². The van der Waals surface area contributed by atoms with Crippen LogP contribution in [0.3, 0.4) is 0 Å². The average molecular weight is 373 g/mol. The standard InChI is InChI=1S/C16H16BrClFNO/c1-10(12-4-6-16(21-2)15(19)8-12)20-9-11-3-5-14(18)13(17)7-11/h3-8,10,20H,9H2,1-2H3. The second-order valence-corrected chi connectivity index (χ2v) is 6.01. The number of ether oxygens (including phenoxy) is 1. The van der Waals surface area contributed by atoms with Crippen molar-refractivity contribution in [3.63, 3.8) is 0 Å². The molecule has 0 saturated carbocycles. The summed E-state index contributed by atoms with van der Waals surface area (Å²) in [7, 11) is 1.46. The molecule has 0 fully saturated rings. The highest BCUT2D eigenvalue weighted by Crippen LogP contribution is 2.24. The van der Waals surface area contributed by atoms with Crippen LogP contribution in [0.5, 0.6) is 5.75 Å². The minimum atomic E-state index is -0.349. The van der Waals surface area contributed by atoms with Gasteiger partial charge in [-0.25, -0.2) is 4.39 Å². The van der Waals surface area contributed by atoms with E-state index in [2.05, 4.69) is 21.2 Å². The fourth-order valence-electron chi connectivity index (χ4n) is 1.99. The van der Waals surface area contributed by atoms with Gasteiger partial charge in [0.15, 0.2) is 11.6 Å². The highest BCUT2D eigenvalue weighted by atomic mass is 79.9. The predicted molar refractivity (Wildman–Crippen MR) is 87.4 cm³/mol. The van der Waals surface area contributed by atoms with Crippen molar-refractivity contribution in [1.82, 2.24) is 5.32 Å². The monoisotopic (exact) mass is 371 g/mol. The summed E-state index contributed by atoms with van der Waals surface area (Å²) < 4.78 is 19.5. The first-order valence-electron chi connectivity index (χ1n) is 6.52. The van der Waals surface area contributed by atoms with Gasteiger partial charge in [-0.15, -0.1) is 0 Å². The number of nitrogens with one attached hydrogen (secondary N) is 1. The molecule has 0 spiro atoms. The van der Waals surface area contributed by atoms with Crippen molar-refractivity contribution in [2.24, 2.45) is 0 Å². The molecule has 2 aromatic carbocycles. The highest BCUT2D eigenvalue weighted by molar-refractivity contribution is 9.10. The zero-order valence-electron chi connectivity index (χ0n) is 11.8.